The van der Waals surface area contributed by atoms with Crippen molar-refractivity contribution in [3.63, 3.8) is 0 Å². The number of carboxylic acids is 1. The van der Waals surface area contributed by atoms with Gasteiger partial charge in [0, 0.05) is 18.2 Å². The number of aromatic nitrogens is 2. The molecule has 1 aromatic carbocycles. The fraction of sp³-hybridized carbons (Fsp3) is 0.286. The molecule has 3 rings (SSSR count). The lowest BCUT2D eigenvalue weighted by Crippen LogP contribution is -2.06. The van der Waals surface area contributed by atoms with E-state index in [2.05, 4.69) is 5.10 Å². The Morgan fingerprint density at radius 2 is 2.21 bits per heavy atom. The van der Waals surface area contributed by atoms with E-state index in [1.165, 1.54) is 18.9 Å². The molecule has 0 bridgehead atoms. The molecule has 2 aromatic rings. The number of benzene rings is 1. The fourth-order valence-corrected chi connectivity index (χ4v) is 2.08. The molecule has 1 saturated carbocycles. The number of aromatic carboxylic acids is 1. The monoisotopic (exact) mass is 258 g/mol. The van der Waals surface area contributed by atoms with Crippen molar-refractivity contribution in [2.45, 2.75) is 18.8 Å². The molecule has 0 spiro atoms. The van der Waals surface area contributed by atoms with Crippen molar-refractivity contribution in [3.8, 4) is 11.4 Å². The largest absolute Gasteiger partial charge is 0.497 e. The van der Waals surface area contributed by atoms with Crippen LogP contribution in [0.15, 0.2) is 30.5 Å². The summed E-state index contributed by atoms with van der Waals surface area (Å²) in [5.74, 6) is 0.185. The Kier molecular flexibility index (Phi) is 2.74. The zero-order valence-corrected chi connectivity index (χ0v) is 10.5. The van der Waals surface area contributed by atoms with E-state index in [0.29, 0.717) is 17.4 Å². The molecule has 0 amide bonds. The van der Waals surface area contributed by atoms with Crippen LogP contribution >= 0.6 is 0 Å². The van der Waals surface area contributed by atoms with Gasteiger partial charge in [0.15, 0.2) is 0 Å². The number of carboxylic acid groups (broad SMARTS) is 1. The number of methoxy groups -OCH3 is 1. The summed E-state index contributed by atoms with van der Waals surface area (Å²) < 4.78 is 6.75. The maximum atomic E-state index is 11.3. The summed E-state index contributed by atoms with van der Waals surface area (Å²) in [6, 6.07) is 6.81. The third-order valence-corrected chi connectivity index (χ3v) is 3.29. The van der Waals surface area contributed by atoms with E-state index in [4.69, 9.17) is 4.74 Å². The Balaban J connectivity index is 2.06. The van der Waals surface area contributed by atoms with E-state index >= 15 is 0 Å². The van der Waals surface area contributed by atoms with Crippen LogP contribution in [0.4, 0.5) is 0 Å². The van der Waals surface area contributed by atoms with Crippen LogP contribution < -0.4 is 4.74 Å². The molecule has 19 heavy (non-hydrogen) atoms. The van der Waals surface area contributed by atoms with E-state index in [1.54, 1.807) is 30.1 Å². The molecule has 1 aliphatic carbocycles. The molecule has 0 radical (unpaired) electrons. The van der Waals surface area contributed by atoms with Crippen LogP contribution in [0.3, 0.4) is 0 Å². The minimum atomic E-state index is -0.971. The first-order chi connectivity index (χ1) is 9.19. The maximum absolute atomic E-state index is 11.3. The Labute approximate surface area is 110 Å². The first-order valence-electron chi connectivity index (χ1n) is 6.16. The fourth-order valence-electron chi connectivity index (χ4n) is 2.08. The van der Waals surface area contributed by atoms with Gasteiger partial charge in [0.05, 0.1) is 24.1 Å². The highest BCUT2D eigenvalue weighted by Gasteiger charge is 2.26. The normalized spacial score (nSPS) is 14.4. The zero-order valence-electron chi connectivity index (χ0n) is 10.5. The van der Waals surface area contributed by atoms with Crippen molar-refractivity contribution < 1.29 is 14.6 Å². The van der Waals surface area contributed by atoms with Crippen LogP contribution in [0.25, 0.3) is 5.69 Å². The summed E-state index contributed by atoms with van der Waals surface area (Å²) in [4.78, 5) is 11.3. The van der Waals surface area contributed by atoms with Crippen LogP contribution in [0, 0.1) is 0 Å². The molecule has 1 N–H and O–H groups in total. The van der Waals surface area contributed by atoms with Crippen molar-refractivity contribution >= 4 is 5.97 Å². The Bertz CT molecular complexity index is 629. The molecule has 1 heterocycles. The number of hydrogen-bond acceptors (Lipinski definition) is 3. The molecule has 0 unspecified atom stereocenters. The number of nitrogens with zero attached hydrogens (tertiary/aromatic N) is 2. The molecular weight excluding hydrogens is 244 g/mol. The highest BCUT2D eigenvalue weighted by molar-refractivity contribution is 5.92. The van der Waals surface area contributed by atoms with Gasteiger partial charge in [-0.15, -0.1) is 0 Å². The highest BCUT2D eigenvalue weighted by Crippen LogP contribution is 2.39. The van der Waals surface area contributed by atoms with Gasteiger partial charge in [0.1, 0.15) is 5.75 Å². The molecule has 1 fully saturated rings. The van der Waals surface area contributed by atoms with Crippen LogP contribution in [0.1, 0.15) is 34.8 Å². The van der Waals surface area contributed by atoms with Crippen molar-refractivity contribution in [2.24, 2.45) is 0 Å². The Morgan fingerprint density at radius 1 is 1.42 bits per heavy atom. The summed E-state index contributed by atoms with van der Waals surface area (Å²) >= 11 is 0. The van der Waals surface area contributed by atoms with E-state index in [0.717, 1.165) is 5.69 Å². The molecule has 5 nitrogen and oxygen atoms in total. The second-order valence-corrected chi connectivity index (χ2v) is 4.65. The molecule has 5 heteroatoms. The summed E-state index contributed by atoms with van der Waals surface area (Å²) in [6.45, 7) is 0. The zero-order chi connectivity index (χ0) is 13.4. The maximum Gasteiger partial charge on any atom is 0.337 e. The summed E-state index contributed by atoms with van der Waals surface area (Å²) in [5.41, 5.74) is 1.77. The lowest BCUT2D eigenvalue weighted by Gasteiger charge is -2.08. The predicted octanol–water partition coefficient (Wildman–Crippen LogP) is 2.46. The summed E-state index contributed by atoms with van der Waals surface area (Å²) in [6.07, 6.45) is 4.14. The van der Waals surface area contributed by atoms with Crippen molar-refractivity contribution in [3.05, 3.63) is 41.7 Å². The molecule has 98 valence electrons. The predicted molar refractivity (Wildman–Crippen MR) is 69.1 cm³/mol. The molecule has 1 aromatic heterocycles. The van der Waals surface area contributed by atoms with Gasteiger partial charge in [0.2, 0.25) is 0 Å². The second kappa shape index (κ2) is 4.42. The lowest BCUT2D eigenvalue weighted by molar-refractivity contribution is 0.0696. The average Bonchev–Trinajstić information content (AvgIpc) is 3.15. The SMILES string of the molecule is COc1ccc(C(=O)O)c(-n2ccc(C3CC3)n2)c1. The van der Waals surface area contributed by atoms with Crippen molar-refractivity contribution in [2.75, 3.05) is 7.11 Å². The van der Waals surface area contributed by atoms with E-state index < -0.39 is 5.97 Å². The first-order valence-corrected chi connectivity index (χ1v) is 6.16. The van der Waals surface area contributed by atoms with Crippen LogP contribution in [0.5, 0.6) is 5.75 Å². The molecular formula is C14H14N2O3. The quantitative estimate of drug-likeness (QED) is 0.914. The van der Waals surface area contributed by atoms with Crippen LogP contribution in [-0.4, -0.2) is 28.0 Å². The van der Waals surface area contributed by atoms with E-state index in [9.17, 15) is 9.90 Å². The molecule has 0 aliphatic heterocycles. The third kappa shape index (κ3) is 2.19. The summed E-state index contributed by atoms with van der Waals surface area (Å²) in [5, 5.41) is 13.7. The van der Waals surface area contributed by atoms with Gasteiger partial charge >= 0.3 is 5.97 Å². The van der Waals surface area contributed by atoms with Crippen LogP contribution in [0.2, 0.25) is 0 Å². The molecule has 0 saturated heterocycles. The van der Waals surface area contributed by atoms with E-state index in [1.807, 2.05) is 6.07 Å². The van der Waals surface area contributed by atoms with Gasteiger partial charge in [-0.1, -0.05) is 0 Å². The minimum absolute atomic E-state index is 0.214. The minimum Gasteiger partial charge on any atom is -0.497 e. The number of carbonyl (C=O) groups is 1. The van der Waals surface area contributed by atoms with Gasteiger partial charge in [-0.3, -0.25) is 0 Å². The van der Waals surface area contributed by atoms with Crippen molar-refractivity contribution in [1.82, 2.24) is 9.78 Å². The Morgan fingerprint density at radius 3 is 2.84 bits per heavy atom. The first kappa shape index (κ1) is 11.8. The van der Waals surface area contributed by atoms with Crippen molar-refractivity contribution in [1.29, 1.82) is 0 Å². The van der Waals surface area contributed by atoms with Gasteiger partial charge in [0.25, 0.3) is 0 Å². The number of ether oxygens (including phenoxy) is 1. The van der Waals surface area contributed by atoms with Gasteiger partial charge < -0.3 is 9.84 Å². The second-order valence-electron chi connectivity index (χ2n) is 4.65. The Hall–Kier alpha value is -2.30. The highest BCUT2D eigenvalue weighted by atomic mass is 16.5. The topological polar surface area (TPSA) is 64.3 Å². The molecule has 1 aliphatic rings. The third-order valence-electron chi connectivity index (χ3n) is 3.29. The van der Waals surface area contributed by atoms with E-state index in [-0.39, 0.29) is 5.56 Å². The van der Waals surface area contributed by atoms with Crippen LogP contribution in [-0.2, 0) is 0 Å². The van der Waals surface area contributed by atoms with Gasteiger partial charge in [-0.25, -0.2) is 9.48 Å². The lowest BCUT2D eigenvalue weighted by atomic mass is 10.1. The number of hydrogen-bond donors (Lipinski definition) is 1. The summed E-state index contributed by atoms with van der Waals surface area (Å²) in [7, 11) is 1.55. The van der Waals surface area contributed by atoms with Gasteiger partial charge in [-0.2, -0.15) is 5.10 Å². The average molecular weight is 258 g/mol. The smallest absolute Gasteiger partial charge is 0.337 e. The van der Waals surface area contributed by atoms with Gasteiger partial charge in [-0.05, 0) is 31.0 Å². The number of rotatable bonds is 4. The molecule has 0 atom stereocenters. The standard InChI is InChI=1S/C14H14N2O3/c1-19-10-4-5-11(14(17)18)13(8-10)16-7-6-12(15-16)9-2-3-9/h4-9H,2-3H2,1H3,(H,17,18).